The fraction of sp³-hybridized carbons (Fsp3) is 0.385. The first-order chi connectivity index (χ1) is 8.95. The second-order valence-electron chi connectivity index (χ2n) is 4.17. The van der Waals surface area contributed by atoms with Crippen molar-refractivity contribution in [3.05, 3.63) is 29.3 Å². The van der Waals surface area contributed by atoms with E-state index in [0.29, 0.717) is 12.2 Å². The summed E-state index contributed by atoms with van der Waals surface area (Å²) < 4.78 is 0. The molecule has 1 aromatic carbocycles. The highest BCUT2D eigenvalue weighted by Crippen LogP contribution is 2.18. The Morgan fingerprint density at radius 2 is 2.11 bits per heavy atom. The van der Waals surface area contributed by atoms with Crippen LogP contribution in [-0.2, 0) is 4.79 Å². The maximum Gasteiger partial charge on any atom is 0.326 e. The first-order valence-electron chi connectivity index (χ1n) is 5.78. The Labute approximate surface area is 116 Å². The molecule has 0 aliphatic carbocycles. The summed E-state index contributed by atoms with van der Waals surface area (Å²) in [5.74, 6) is -1.16. The van der Waals surface area contributed by atoms with Crippen molar-refractivity contribution in [2.75, 3.05) is 12.0 Å². The van der Waals surface area contributed by atoms with Crippen molar-refractivity contribution in [2.24, 2.45) is 0 Å². The minimum absolute atomic E-state index is 0.0843. The number of carbonyl (C=O) groups excluding carboxylic acids is 1. The van der Waals surface area contributed by atoms with Gasteiger partial charge in [0.2, 0.25) is 0 Å². The van der Waals surface area contributed by atoms with Gasteiger partial charge in [-0.25, -0.2) is 4.79 Å². The van der Waals surface area contributed by atoms with E-state index >= 15 is 0 Å². The summed E-state index contributed by atoms with van der Waals surface area (Å²) >= 11 is 1.51. The molecule has 1 atom stereocenters. The number of aryl methyl sites for hydroxylation is 1. The zero-order valence-electron chi connectivity index (χ0n) is 10.8. The molecule has 0 saturated carbocycles. The molecule has 0 spiro atoms. The van der Waals surface area contributed by atoms with Crippen molar-refractivity contribution in [1.82, 2.24) is 5.32 Å². The summed E-state index contributed by atoms with van der Waals surface area (Å²) in [5.41, 5.74) is 0.909. The number of rotatable bonds is 6. The molecule has 0 aliphatic heterocycles. The van der Waals surface area contributed by atoms with Crippen molar-refractivity contribution < 1.29 is 19.8 Å². The maximum absolute atomic E-state index is 11.9. The summed E-state index contributed by atoms with van der Waals surface area (Å²) in [7, 11) is 0. The quantitative estimate of drug-likeness (QED) is 0.739. The number of nitrogens with one attached hydrogen (secondary N) is 1. The maximum atomic E-state index is 11.9. The van der Waals surface area contributed by atoms with E-state index in [1.165, 1.54) is 23.9 Å². The first-order valence-corrected chi connectivity index (χ1v) is 7.17. The lowest BCUT2D eigenvalue weighted by molar-refractivity contribution is -0.139. The molecule has 1 rings (SSSR count). The highest BCUT2D eigenvalue weighted by molar-refractivity contribution is 7.98. The number of carboxylic acid groups (broad SMARTS) is 1. The van der Waals surface area contributed by atoms with Gasteiger partial charge in [-0.15, -0.1) is 0 Å². The number of phenols is 1. The van der Waals surface area contributed by atoms with Crippen molar-refractivity contribution >= 4 is 23.6 Å². The van der Waals surface area contributed by atoms with Gasteiger partial charge in [-0.3, -0.25) is 4.79 Å². The van der Waals surface area contributed by atoms with Gasteiger partial charge < -0.3 is 15.5 Å². The van der Waals surface area contributed by atoms with Gasteiger partial charge in [-0.05, 0) is 43.0 Å². The van der Waals surface area contributed by atoms with Gasteiger partial charge in [-0.1, -0.05) is 6.07 Å². The smallest absolute Gasteiger partial charge is 0.326 e. The summed E-state index contributed by atoms with van der Waals surface area (Å²) in [6.07, 6.45) is 2.21. The highest BCUT2D eigenvalue weighted by Gasteiger charge is 2.21. The fourth-order valence-corrected chi connectivity index (χ4v) is 2.03. The van der Waals surface area contributed by atoms with Gasteiger partial charge in [0.25, 0.3) is 5.91 Å². The van der Waals surface area contributed by atoms with Crippen LogP contribution in [0.25, 0.3) is 0 Å². The van der Waals surface area contributed by atoms with Crippen LogP contribution < -0.4 is 5.32 Å². The lowest BCUT2D eigenvalue weighted by atomic mass is 10.1. The predicted molar refractivity (Wildman–Crippen MR) is 74.7 cm³/mol. The van der Waals surface area contributed by atoms with Crippen LogP contribution in [0, 0.1) is 6.92 Å². The van der Waals surface area contributed by atoms with Gasteiger partial charge in [-0.2, -0.15) is 11.8 Å². The molecule has 104 valence electrons. The molecule has 0 saturated heterocycles. The molecule has 0 bridgehead atoms. The normalized spacial score (nSPS) is 11.9. The summed E-state index contributed by atoms with van der Waals surface area (Å²) in [5, 5.41) is 21.1. The largest absolute Gasteiger partial charge is 0.507 e. The summed E-state index contributed by atoms with van der Waals surface area (Å²) in [6, 6.07) is 3.69. The van der Waals surface area contributed by atoms with Crippen LogP contribution in [0.2, 0.25) is 0 Å². The minimum atomic E-state index is -1.07. The Morgan fingerprint density at radius 3 is 2.63 bits per heavy atom. The molecule has 6 heteroatoms. The molecular formula is C13H17NO4S. The van der Waals surface area contributed by atoms with Gasteiger partial charge in [0.1, 0.15) is 11.8 Å². The molecule has 3 N–H and O–H groups in total. The molecule has 0 radical (unpaired) electrons. The van der Waals surface area contributed by atoms with E-state index in [0.717, 1.165) is 5.56 Å². The topological polar surface area (TPSA) is 86.6 Å². The Kier molecular flexibility index (Phi) is 5.69. The number of thioether (sulfide) groups is 1. The van der Waals surface area contributed by atoms with Crippen LogP contribution in [-0.4, -0.2) is 40.1 Å². The highest BCUT2D eigenvalue weighted by atomic mass is 32.2. The molecule has 5 nitrogen and oxygen atoms in total. The number of amides is 1. The third-order valence-corrected chi connectivity index (χ3v) is 3.26. The van der Waals surface area contributed by atoms with E-state index in [1.807, 2.05) is 6.26 Å². The van der Waals surface area contributed by atoms with Crippen LogP contribution in [0.3, 0.4) is 0 Å². The van der Waals surface area contributed by atoms with Crippen LogP contribution in [0.4, 0.5) is 0 Å². The van der Waals surface area contributed by atoms with Crippen molar-refractivity contribution in [2.45, 2.75) is 19.4 Å². The number of carbonyl (C=O) groups is 2. The number of hydrogen-bond acceptors (Lipinski definition) is 4. The Morgan fingerprint density at radius 1 is 1.42 bits per heavy atom. The van der Waals surface area contributed by atoms with Gasteiger partial charge in [0.05, 0.1) is 5.56 Å². The average molecular weight is 283 g/mol. The molecule has 1 amide bonds. The molecule has 1 aromatic rings. The van der Waals surface area contributed by atoms with E-state index in [-0.39, 0.29) is 11.3 Å². The average Bonchev–Trinajstić information content (AvgIpc) is 2.33. The van der Waals surface area contributed by atoms with Crippen molar-refractivity contribution in [3.63, 3.8) is 0 Å². The molecule has 0 heterocycles. The number of benzene rings is 1. The third-order valence-electron chi connectivity index (χ3n) is 2.61. The lowest BCUT2D eigenvalue weighted by Crippen LogP contribution is -2.41. The minimum Gasteiger partial charge on any atom is -0.507 e. The predicted octanol–water partition coefficient (Wildman–Crippen LogP) is 1.64. The van der Waals surface area contributed by atoms with E-state index in [1.54, 1.807) is 13.0 Å². The molecule has 0 fully saturated rings. The summed E-state index contributed by atoms with van der Waals surface area (Å²) in [6.45, 7) is 1.79. The second kappa shape index (κ2) is 7.04. The van der Waals surface area contributed by atoms with Crippen LogP contribution >= 0.6 is 11.8 Å². The fourth-order valence-electron chi connectivity index (χ4n) is 1.56. The Bertz CT molecular complexity index is 476. The van der Waals surface area contributed by atoms with E-state index in [2.05, 4.69) is 5.32 Å². The Balaban J connectivity index is 2.78. The number of phenolic OH excluding ortho intramolecular Hbond substituents is 1. The van der Waals surface area contributed by atoms with Crippen molar-refractivity contribution in [3.8, 4) is 5.75 Å². The van der Waals surface area contributed by atoms with Gasteiger partial charge in [0.15, 0.2) is 0 Å². The second-order valence-corrected chi connectivity index (χ2v) is 5.15. The number of aromatic hydroxyl groups is 1. The lowest BCUT2D eigenvalue weighted by Gasteiger charge is -2.14. The third kappa shape index (κ3) is 4.48. The first kappa shape index (κ1) is 15.4. The molecule has 0 aliphatic rings. The molecule has 19 heavy (non-hydrogen) atoms. The molecular weight excluding hydrogens is 266 g/mol. The monoisotopic (exact) mass is 283 g/mol. The Hall–Kier alpha value is -1.69. The number of carboxylic acids is 1. The van der Waals surface area contributed by atoms with Gasteiger partial charge in [0, 0.05) is 0 Å². The van der Waals surface area contributed by atoms with Crippen LogP contribution in [0.15, 0.2) is 18.2 Å². The standard InChI is InChI=1S/C13H17NO4S/c1-8-3-4-9(11(15)7-8)12(16)14-10(13(17)18)5-6-19-2/h3-4,7,10,15H,5-6H2,1-2H3,(H,14,16)(H,17,18)/t10-/m0/s1. The molecule has 0 aromatic heterocycles. The summed E-state index contributed by atoms with van der Waals surface area (Å²) in [4.78, 5) is 22.9. The van der Waals surface area contributed by atoms with Crippen LogP contribution in [0.1, 0.15) is 22.3 Å². The molecule has 0 unspecified atom stereocenters. The zero-order valence-corrected chi connectivity index (χ0v) is 11.7. The SMILES string of the molecule is CSCC[C@H](NC(=O)c1ccc(C)cc1O)C(=O)O. The number of aliphatic carboxylic acids is 1. The zero-order chi connectivity index (χ0) is 14.4. The van der Waals surface area contributed by atoms with E-state index in [9.17, 15) is 14.7 Å². The van der Waals surface area contributed by atoms with Crippen molar-refractivity contribution in [1.29, 1.82) is 0 Å². The van der Waals surface area contributed by atoms with Crippen LogP contribution in [0.5, 0.6) is 5.75 Å². The van der Waals surface area contributed by atoms with Gasteiger partial charge >= 0.3 is 5.97 Å². The van der Waals surface area contributed by atoms with E-state index < -0.39 is 17.9 Å². The van der Waals surface area contributed by atoms with E-state index in [4.69, 9.17) is 5.11 Å². The number of hydrogen-bond donors (Lipinski definition) is 3.